The van der Waals surface area contributed by atoms with Gasteiger partial charge in [0.1, 0.15) is 11.8 Å². The van der Waals surface area contributed by atoms with Crippen LogP contribution in [0.1, 0.15) is 25.3 Å². The van der Waals surface area contributed by atoms with Crippen LogP contribution in [0.2, 0.25) is 10.0 Å². The number of hydrogen-bond donors (Lipinski definition) is 2. The first kappa shape index (κ1) is 28.3. The molecule has 204 valence electrons. The molecule has 1 fully saturated rings. The van der Waals surface area contributed by atoms with Crippen LogP contribution in [0.3, 0.4) is 0 Å². The fourth-order valence-corrected chi connectivity index (χ4v) is 4.73. The average molecular weight is 571 g/mol. The maximum Gasteiger partial charge on any atom is 0.248 e. The zero-order chi connectivity index (χ0) is 28.1. The van der Waals surface area contributed by atoms with Crippen LogP contribution >= 0.6 is 23.2 Å². The molecule has 2 heterocycles. The third-order valence-corrected chi connectivity index (χ3v) is 7.07. The van der Waals surface area contributed by atoms with Crippen molar-refractivity contribution in [2.45, 2.75) is 25.8 Å². The number of amides is 1. The van der Waals surface area contributed by atoms with E-state index in [4.69, 9.17) is 27.9 Å². The number of anilines is 3. The minimum Gasteiger partial charge on any atom is -0.492 e. The average Bonchev–Trinajstić information content (AvgIpc) is 2.92. The van der Waals surface area contributed by atoms with Crippen LogP contribution in [0.15, 0.2) is 42.7 Å². The summed E-state index contributed by atoms with van der Waals surface area (Å²) in [6.45, 7) is 3.53. The molecule has 2 aromatic carbocycles. The van der Waals surface area contributed by atoms with E-state index in [9.17, 15) is 14.4 Å². The largest absolute Gasteiger partial charge is 0.492 e. The lowest BCUT2D eigenvalue weighted by molar-refractivity contribution is -0.127. The first-order chi connectivity index (χ1) is 18.7. The Balaban J connectivity index is 1.71. The van der Waals surface area contributed by atoms with Crippen molar-refractivity contribution in [3.05, 3.63) is 64.2 Å². The molecule has 0 saturated carbocycles. The molecule has 4 rings (SSSR count). The number of carbonyl (C=O) groups is 1. The van der Waals surface area contributed by atoms with Crippen LogP contribution in [0.4, 0.5) is 21.5 Å². The first-order valence-electron chi connectivity index (χ1n) is 12.5. The maximum atomic E-state index is 14.9. The summed E-state index contributed by atoms with van der Waals surface area (Å²) in [5.41, 5.74) is 1.91. The van der Waals surface area contributed by atoms with Gasteiger partial charge in [-0.15, -0.1) is 0 Å². The molecular formula is C28H29Cl2FN6O2. The number of piperidine rings is 1. The number of halogens is 3. The van der Waals surface area contributed by atoms with E-state index in [0.717, 1.165) is 12.8 Å². The topological polar surface area (TPSA) is 93.5 Å². The van der Waals surface area contributed by atoms with Crippen molar-refractivity contribution in [2.24, 2.45) is 0 Å². The Morgan fingerprint density at radius 2 is 2.13 bits per heavy atom. The predicted molar refractivity (Wildman–Crippen MR) is 153 cm³/mol. The van der Waals surface area contributed by atoms with Gasteiger partial charge in [0.15, 0.2) is 5.82 Å². The van der Waals surface area contributed by atoms with Gasteiger partial charge in [0.2, 0.25) is 5.91 Å². The molecule has 1 saturated heterocycles. The van der Waals surface area contributed by atoms with Gasteiger partial charge in [0.25, 0.3) is 0 Å². The number of nitrogens with zero attached hydrogens (tertiary/aromatic N) is 4. The van der Waals surface area contributed by atoms with E-state index in [1.807, 2.05) is 36.9 Å². The summed E-state index contributed by atoms with van der Waals surface area (Å²) in [7, 11) is 3.73. The molecule has 0 radical (unpaired) electrons. The van der Waals surface area contributed by atoms with Crippen molar-refractivity contribution in [3.8, 4) is 11.8 Å². The molecule has 1 unspecified atom stereocenters. The first-order valence-corrected chi connectivity index (χ1v) is 13.3. The summed E-state index contributed by atoms with van der Waals surface area (Å²) < 4.78 is 20.8. The number of pyridine rings is 1. The van der Waals surface area contributed by atoms with E-state index in [1.54, 1.807) is 18.3 Å². The molecule has 39 heavy (non-hydrogen) atoms. The molecule has 8 nitrogen and oxygen atoms in total. The second-order valence-electron chi connectivity index (χ2n) is 9.35. The minimum absolute atomic E-state index is 0.0249. The van der Waals surface area contributed by atoms with Gasteiger partial charge < -0.3 is 25.2 Å². The summed E-state index contributed by atoms with van der Waals surface area (Å²) in [5.74, 6) is -0.181. The highest BCUT2D eigenvalue weighted by atomic mass is 35.5. The Bertz CT molecular complexity index is 1460. The normalized spacial score (nSPS) is 15.3. The summed E-state index contributed by atoms with van der Waals surface area (Å²) in [6, 6.07) is 8.65. The zero-order valence-electron chi connectivity index (χ0n) is 21.9. The number of likely N-dealkylation sites (tertiary alicyclic amines) is 1. The van der Waals surface area contributed by atoms with Gasteiger partial charge in [-0.3, -0.25) is 9.78 Å². The number of hydrogen-bond acceptors (Lipinski definition) is 7. The number of nitriles is 1. The summed E-state index contributed by atoms with van der Waals surface area (Å²) in [6.07, 6.45) is 6.44. The van der Waals surface area contributed by atoms with E-state index in [2.05, 4.69) is 21.7 Å². The molecule has 1 aliphatic heterocycles. The number of aromatic nitrogens is 1. The Morgan fingerprint density at radius 3 is 2.85 bits per heavy atom. The fraction of sp³-hybridized carbons (Fsp3) is 0.321. The lowest BCUT2D eigenvalue weighted by Gasteiger charge is -2.33. The number of fused-ring (bicyclic) bond motifs is 1. The third-order valence-electron chi connectivity index (χ3n) is 6.29. The standard InChI is InChI=1S/C28H29Cl2FN6O2/c1-4-39-24-13-22-19(12-23(24)34-18-6-5-10-37(16-18)25(38)9-11-36(2)3)28(17(14-32)15-33-22)35-21-8-7-20(29)26(30)27(21)31/h7-9,11-13,15,18,34H,4-6,10,16H2,1-3H3,(H,33,35)/b11-9+. The predicted octanol–water partition coefficient (Wildman–Crippen LogP) is 6.17. The molecular weight excluding hydrogens is 542 g/mol. The molecule has 1 amide bonds. The third kappa shape index (κ3) is 6.47. The highest BCUT2D eigenvalue weighted by molar-refractivity contribution is 6.42. The smallest absolute Gasteiger partial charge is 0.248 e. The Labute approximate surface area is 236 Å². The maximum absolute atomic E-state index is 14.9. The van der Waals surface area contributed by atoms with Gasteiger partial charge in [-0.05, 0) is 38.0 Å². The molecule has 3 aromatic rings. The van der Waals surface area contributed by atoms with Gasteiger partial charge in [-0.2, -0.15) is 5.26 Å². The Morgan fingerprint density at radius 1 is 1.33 bits per heavy atom. The van der Waals surface area contributed by atoms with Crippen LogP contribution in [-0.4, -0.2) is 60.5 Å². The van der Waals surface area contributed by atoms with E-state index in [1.165, 1.54) is 18.3 Å². The molecule has 1 aromatic heterocycles. The number of benzene rings is 2. The van der Waals surface area contributed by atoms with Gasteiger partial charge in [0, 0.05) is 63.2 Å². The van der Waals surface area contributed by atoms with Crippen molar-refractivity contribution in [3.63, 3.8) is 0 Å². The van der Waals surface area contributed by atoms with E-state index >= 15 is 0 Å². The molecule has 0 aliphatic carbocycles. The van der Waals surface area contributed by atoms with Crippen LogP contribution in [0.25, 0.3) is 10.9 Å². The molecule has 0 bridgehead atoms. The van der Waals surface area contributed by atoms with E-state index < -0.39 is 5.82 Å². The highest BCUT2D eigenvalue weighted by Crippen LogP contribution is 2.38. The van der Waals surface area contributed by atoms with Crippen LogP contribution < -0.4 is 15.4 Å². The Kier molecular flexibility index (Phi) is 9.00. The lowest BCUT2D eigenvalue weighted by Crippen LogP contribution is -2.44. The number of nitrogens with one attached hydrogen (secondary N) is 2. The van der Waals surface area contributed by atoms with Gasteiger partial charge in [-0.25, -0.2) is 4.39 Å². The molecule has 2 N–H and O–H groups in total. The van der Waals surface area contributed by atoms with Gasteiger partial charge >= 0.3 is 0 Å². The molecule has 1 atom stereocenters. The molecule has 11 heteroatoms. The van der Waals surface area contributed by atoms with Crippen LogP contribution in [-0.2, 0) is 4.79 Å². The van der Waals surface area contributed by atoms with Crippen LogP contribution in [0.5, 0.6) is 5.75 Å². The minimum atomic E-state index is -0.724. The SMILES string of the molecule is CCOc1cc2ncc(C#N)c(Nc3ccc(Cl)c(Cl)c3F)c2cc1NC1CCCN(C(=O)/C=C/N(C)C)C1. The zero-order valence-corrected chi connectivity index (χ0v) is 23.4. The fourth-order valence-electron chi connectivity index (χ4n) is 4.42. The summed E-state index contributed by atoms with van der Waals surface area (Å²) in [4.78, 5) is 20.7. The van der Waals surface area contributed by atoms with Crippen molar-refractivity contribution in [1.82, 2.24) is 14.8 Å². The number of rotatable bonds is 8. The number of ether oxygens (including phenoxy) is 1. The second-order valence-corrected chi connectivity index (χ2v) is 10.1. The molecule has 1 aliphatic rings. The van der Waals surface area contributed by atoms with E-state index in [0.29, 0.717) is 47.7 Å². The number of carbonyl (C=O) groups excluding carboxylic acids is 1. The van der Waals surface area contributed by atoms with Crippen molar-refractivity contribution < 1.29 is 13.9 Å². The monoisotopic (exact) mass is 570 g/mol. The second kappa shape index (κ2) is 12.4. The van der Waals surface area contributed by atoms with Crippen molar-refractivity contribution in [2.75, 3.05) is 44.4 Å². The van der Waals surface area contributed by atoms with E-state index in [-0.39, 0.29) is 33.2 Å². The van der Waals surface area contributed by atoms with Crippen molar-refractivity contribution in [1.29, 1.82) is 5.26 Å². The summed E-state index contributed by atoms with van der Waals surface area (Å²) in [5, 5.41) is 16.8. The van der Waals surface area contributed by atoms with Gasteiger partial charge in [-0.1, -0.05) is 23.2 Å². The summed E-state index contributed by atoms with van der Waals surface area (Å²) >= 11 is 12.0. The molecule has 0 spiro atoms. The highest BCUT2D eigenvalue weighted by Gasteiger charge is 2.24. The van der Waals surface area contributed by atoms with Crippen molar-refractivity contribution >= 4 is 57.1 Å². The lowest BCUT2D eigenvalue weighted by atomic mass is 10.0. The van der Waals surface area contributed by atoms with Crippen LogP contribution in [0, 0.1) is 17.1 Å². The Hall–Kier alpha value is -3.74. The quantitative estimate of drug-likeness (QED) is 0.247. The van der Waals surface area contributed by atoms with Gasteiger partial charge in [0.05, 0.1) is 44.8 Å².